The average Bonchev–Trinajstić information content (AvgIpc) is 3.41. The van der Waals surface area contributed by atoms with Crippen molar-refractivity contribution in [1.82, 2.24) is 4.98 Å². The molecule has 36 heavy (non-hydrogen) atoms. The van der Waals surface area contributed by atoms with Crippen molar-refractivity contribution < 1.29 is 14.3 Å². The predicted molar refractivity (Wildman–Crippen MR) is 143 cm³/mol. The summed E-state index contributed by atoms with van der Waals surface area (Å²) in [5.41, 5.74) is 6.31. The number of hydrogen-bond acceptors (Lipinski definition) is 4. The van der Waals surface area contributed by atoms with Gasteiger partial charge in [-0.1, -0.05) is 42.5 Å². The number of nitrogens with one attached hydrogen (secondary N) is 2. The molecule has 3 N–H and O–H groups in total. The molecule has 0 saturated carbocycles. The number of carboxylic acid groups (broad SMARTS) is 1. The highest BCUT2D eigenvalue weighted by Gasteiger charge is 2.20. The van der Waals surface area contributed by atoms with E-state index in [0.717, 1.165) is 27.8 Å². The first-order valence-corrected chi connectivity index (χ1v) is 11.7. The lowest BCUT2D eigenvalue weighted by Crippen LogP contribution is -2.14. The number of aromatic nitrogens is 1. The van der Waals surface area contributed by atoms with Gasteiger partial charge in [-0.05, 0) is 61.7 Å². The van der Waals surface area contributed by atoms with Crippen LogP contribution in [0.25, 0.3) is 33.4 Å². The van der Waals surface area contributed by atoms with Gasteiger partial charge >= 0.3 is 5.97 Å². The van der Waals surface area contributed by atoms with Crippen LogP contribution >= 0.6 is 0 Å². The van der Waals surface area contributed by atoms with Crippen molar-refractivity contribution in [3.63, 3.8) is 0 Å². The monoisotopic (exact) mass is 478 g/mol. The standard InChI is InChI=1S/C30H26N2O4/c1-17-14-24(19(3)32-26-7-5-4-6-23(26)30(34)35)29-25(15-17)27(33)18(2)28(36-29)21-10-8-20(9-11-21)22-12-13-31-16-22/h4-16,19,31-32H,1-3H3,(H,34,35). The number of hydrogen-bond donors (Lipinski definition) is 3. The maximum Gasteiger partial charge on any atom is 0.337 e. The SMILES string of the molecule is Cc1cc(C(C)Nc2ccccc2C(=O)O)c2oc(-c3ccc(-c4cc[nH]c4)cc3)c(C)c(=O)c2c1. The number of benzene rings is 3. The van der Waals surface area contributed by atoms with Crippen molar-refractivity contribution in [1.29, 1.82) is 0 Å². The Morgan fingerprint density at radius 2 is 1.69 bits per heavy atom. The highest BCUT2D eigenvalue weighted by molar-refractivity contribution is 5.94. The summed E-state index contributed by atoms with van der Waals surface area (Å²) < 4.78 is 6.45. The molecule has 0 aliphatic rings. The molecule has 0 radical (unpaired) electrons. The lowest BCUT2D eigenvalue weighted by molar-refractivity contribution is 0.0698. The minimum Gasteiger partial charge on any atom is -0.478 e. The zero-order chi connectivity index (χ0) is 25.4. The second kappa shape index (κ2) is 9.23. The molecule has 5 rings (SSSR count). The topological polar surface area (TPSA) is 95.3 Å². The Labute approximate surface area is 208 Å². The fraction of sp³-hybridized carbons (Fsp3) is 0.133. The number of aryl methyl sites for hydroxylation is 1. The molecule has 2 aromatic heterocycles. The van der Waals surface area contributed by atoms with Gasteiger partial charge in [-0.15, -0.1) is 0 Å². The van der Waals surface area contributed by atoms with Crippen LogP contribution in [-0.4, -0.2) is 16.1 Å². The van der Waals surface area contributed by atoms with Crippen LogP contribution in [0.1, 0.15) is 40.0 Å². The first kappa shape index (κ1) is 23.2. The van der Waals surface area contributed by atoms with E-state index in [1.807, 2.05) is 68.7 Å². The smallest absolute Gasteiger partial charge is 0.337 e. The van der Waals surface area contributed by atoms with Crippen molar-refractivity contribution >= 4 is 22.6 Å². The molecular weight excluding hydrogens is 452 g/mol. The summed E-state index contributed by atoms with van der Waals surface area (Å²) in [5, 5.41) is 13.4. The molecule has 5 aromatic rings. The summed E-state index contributed by atoms with van der Waals surface area (Å²) in [7, 11) is 0. The van der Waals surface area contributed by atoms with Crippen LogP contribution < -0.4 is 10.7 Å². The molecule has 0 saturated heterocycles. The highest BCUT2D eigenvalue weighted by Crippen LogP contribution is 2.33. The van der Waals surface area contributed by atoms with E-state index in [-0.39, 0.29) is 17.0 Å². The van der Waals surface area contributed by atoms with E-state index in [9.17, 15) is 14.7 Å². The van der Waals surface area contributed by atoms with E-state index in [1.54, 1.807) is 31.2 Å². The van der Waals surface area contributed by atoms with Gasteiger partial charge < -0.3 is 19.8 Å². The van der Waals surface area contributed by atoms with Crippen molar-refractivity contribution in [2.45, 2.75) is 26.8 Å². The Hall–Kier alpha value is -4.58. The van der Waals surface area contributed by atoms with Gasteiger partial charge in [-0.2, -0.15) is 0 Å². The number of carbonyl (C=O) groups is 1. The number of carboxylic acids is 1. The summed E-state index contributed by atoms with van der Waals surface area (Å²) >= 11 is 0. The van der Waals surface area contributed by atoms with Crippen LogP contribution in [0.2, 0.25) is 0 Å². The maximum atomic E-state index is 13.4. The molecular formula is C30H26N2O4. The van der Waals surface area contributed by atoms with Crippen LogP contribution in [0.15, 0.2) is 88.3 Å². The Balaban J connectivity index is 1.61. The zero-order valence-electron chi connectivity index (χ0n) is 20.3. The number of fused-ring (bicyclic) bond motifs is 1. The molecule has 0 spiro atoms. The first-order valence-electron chi connectivity index (χ1n) is 11.7. The summed E-state index contributed by atoms with van der Waals surface area (Å²) in [6, 6.07) is 20.2. The normalized spacial score (nSPS) is 12.0. The summed E-state index contributed by atoms with van der Waals surface area (Å²) in [4.78, 5) is 28.2. The number of H-pyrrole nitrogens is 1. The fourth-order valence-corrected chi connectivity index (χ4v) is 4.59. The van der Waals surface area contributed by atoms with E-state index >= 15 is 0 Å². The lowest BCUT2D eigenvalue weighted by Gasteiger charge is -2.20. The van der Waals surface area contributed by atoms with Crippen LogP contribution in [0.5, 0.6) is 0 Å². The Bertz CT molecular complexity index is 1630. The van der Waals surface area contributed by atoms with E-state index in [4.69, 9.17) is 4.42 Å². The van der Waals surface area contributed by atoms with E-state index in [1.165, 1.54) is 0 Å². The van der Waals surface area contributed by atoms with Gasteiger partial charge in [-0.3, -0.25) is 4.79 Å². The van der Waals surface area contributed by atoms with Crippen molar-refractivity contribution in [3.8, 4) is 22.5 Å². The van der Waals surface area contributed by atoms with Crippen molar-refractivity contribution in [2.75, 3.05) is 5.32 Å². The van der Waals surface area contributed by atoms with Gasteiger partial charge in [0.2, 0.25) is 0 Å². The Morgan fingerprint density at radius 3 is 2.39 bits per heavy atom. The molecule has 1 atom stereocenters. The van der Waals surface area contributed by atoms with Crippen LogP contribution in [0.4, 0.5) is 5.69 Å². The number of para-hydroxylation sites is 1. The first-order chi connectivity index (χ1) is 17.3. The third-order valence-corrected chi connectivity index (χ3v) is 6.47. The molecule has 0 aliphatic carbocycles. The summed E-state index contributed by atoms with van der Waals surface area (Å²) in [5.74, 6) is -0.483. The lowest BCUT2D eigenvalue weighted by atomic mass is 9.98. The Morgan fingerprint density at radius 1 is 0.972 bits per heavy atom. The van der Waals surface area contributed by atoms with Gasteiger partial charge in [0.15, 0.2) is 5.43 Å². The highest BCUT2D eigenvalue weighted by atomic mass is 16.4. The third kappa shape index (κ3) is 4.18. The molecule has 180 valence electrons. The molecule has 0 bridgehead atoms. The van der Waals surface area contributed by atoms with Gasteiger partial charge in [0.25, 0.3) is 0 Å². The zero-order valence-corrected chi connectivity index (χ0v) is 20.3. The third-order valence-electron chi connectivity index (χ3n) is 6.47. The van der Waals surface area contributed by atoms with E-state index in [2.05, 4.69) is 10.3 Å². The van der Waals surface area contributed by atoms with Crippen LogP contribution in [0, 0.1) is 13.8 Å². The van der Waals surface area contributed by atoms with Crippen molar-refractivity contribution in [3.05, 3.63) is 112 Å². The summed E-state index contributed by atoms with van der Waals surface area (Å²) in [6.45, 7) is 5.65. The van der Waals surface area contributed by atoms with Crippen LogP contribution in [-0.2, 0) is 0 Å². The molecule has 0 amide bonds. The molecule has 2 heterocycles. The average molecular weight is 479 g/mol. The minimum absolute atomic E-state index is 0.0796. The number of aromatic amines is 1. The fourth-order valence-electron chi connectivity index (χ4n) is 4.59. The predicted octanol–water partition coefficient (Wildman–Crippen LogP) is 6.94. The van der Waals surface area contributed by atoms with Crippen molar-refractivity contribution in [2.24, 2.45) is 0 Å². The number of rotatable bonds is 6. The molecule has 6 nitrogen and oxygen atoms in total. The second-order valence-electron chi connectivity index (χ2n) is 9.01. The molecule has 0 fully saturated rings. The largest absolute Gasteiger partial charge is 0.478 e. The Kier molecular flexibility index (Phi) is 5.94. The van der Waals surface area contributed by atoms with Gasteiger partial charge in [-0.25, -0.2) is 4.79 Å². The van der Waals surface area contributed by atoms with Gasteiger partial charge in [0.1, 0.15) is 11.3 Å². The summed E-state index contributed by atoms with van der Waals surface area (Å²) in [6.07, 6.45) is 3.81. The molecule has 3 aromatic carbocycles. The molecule has 0 aliphatic heterocycles. The second-order valence-corrected chi connectivity index (χ2v) is 9.01. The number of anilines is 1. The van der Waals surface area contributed by atoms with Gasteiger partial charge in [0.05, 0.1) is 17.0 Å². The number of aromatic carboxylic acids is 1. The van der Waals surface area contributed by atoms with E-state index in [0.29, 0.717) is 28.0 Å². The molecule has 6 heteroatoms. The minimum atomic E-state index is -1.01. The van der Waals surface area contributed by atoms with Crippen LogP contribution in [0.3, 0.4) is 0 Å². The van der Waals surface area contributed by atoms with E-state index < -0.39 is 5.97 Å². The molecule has 1 unspecified atom stereocenters. The quantitative estimate of drug-likeness (QED) is 0.246. The van der Waals surface area contributed by atoms with Gasteiger partial charge in [0, 0.05) is 34.8 Å². The maximum absolute atomic E-state index is 13.4.